The minimum atomic E-state index is 0.567. The molecule has 2 atom stereocenters. The molecule has 0 N–H and O–H groups in total. The van der Waals surface area contributed by atoms with E-state index in [4.69, 9.17) is 0 Å². The van der Waals surface area contributed by atoms with Crippen molar-refractivity contribution in [1.29, 1.82) is 0 Å². The van der Waals surface area contributed by atoms with Gasteiger partial charge in [0.15, 0.2) is 0 Å². The minimum absolute atomic E-state index is 0.567. The number of rotatable bonds is 1. The van der Waals surface area contributed by atoms with Crippen LogP contribution in [0.25, 0.3) is 0 Å². The van der Waals surface area contributed by atoms with E-state index in [-0.39, 0.29) is 0 Å². The van der Waals surface area contributed by atoms with E-state index in [0.29, 0.717) is 5.41 Å². The number of hydrogen-bond donors (Lipinski definition) is 0. The average molecular weight is 162 g/mol. The van der Waals surface area contributed by atoms with E-state index in [0.717, 1.165) is 5.92 Å². The highest BCUT2D eigenvalue weighted by Gasteiger charge is 2.42. The lowest BCUT2D eigenvalue weighted by atomic mass is 9.83. The van der Waals surface area contributed by atoms with Gasteiger partial charge in [-0.1, -0.05) is 30.2 Å². The molecule has 2 aliphatic carbocycles. The molecule has 1 fully saturated rings. The van der Waals surface area contributed by atoms with Crippen LogP contribution in [-0.2, 0) is 0 Å². The third-order valence-corrected chi connectivity index (χ3v) is 3.64. The molecule has 0 spiro atoms. The van der Waals surface area contributed by atoms with Crippen molar-refractivity contribution >= 4 is 0 Å². The van der Waals surface area contributed by atoms with Crippen LogP contribution < -0.4 is 0 Å². The second-order valence-corrected chi connectivity index (χ2v) is 4.59. The Balaban J connectivity index is 2.33. The lowest BCUT2D eigenvalue weighted by Gasteiger charge is -2.21. The molecule has 0 saturated heterocycles. The lowest BCUT2D eigenvalue weighted by Crippen LogP contribution is -2.09. The van der Waals surface area contributed by atoms with Gasteiger partial charge in [0.25, 0.3) is 0 Å². The van der Waals surface area contributed by atoms with Gasteiger partial charge in [-0.15, -0.1) is 0 Å². The van der Waals surface area contributed by atoms with Gasteiger partial charge in [0.1, 0.15) is 0 Å². The smallest absolute Gasteiger partial charge is 0.00119 e. The third-order valence-electron chi connectivity index (χ3n) is 3.64. The molecule has 2 aliphatic rings. The summed E-state index contributed by atoms with van der Waals surface area (Å²) in [5.41, 5.74) is 3.84. The molecule has 0 aromatic carbocycles. The Kier molecular flexibility index (Phi) is 1.67. The molecule has 0 heteroatoms. The van der Waals surface area contributed by atoms with Gasteiger partial charge in [0.2, 0.25) is 0 Å². The normalized spacial score (nSPS) is 37.9. The van der Waals surface area contributed by atoms with Gasteiger partial charge >= 0.3 is 0 Å². The summed E-state index contributed by atoms with van der Waals surface area (Å²) >= 11 is 0. The summed E-state index contributed by atoms with van der Waals surface area (Å²) in [4.78, 5) is 0. The van der Waals surface area contributed by atoms with Gasteiger partial charge in [-0.2, -0.15) is 0 Å². The molecule has 12 heavy (non-hydrogen) atoms. The second-order valence-electron chi connectivity index (χ2n) is 4.59. The molecule has 2 bridgehead atoms. The highest BCUT2D eigenvalue weighted by molar-refractivity contribution is 5.34. The maximum atomic E-state index is 2.46. The molecule has 2 rings (SSSR count). The van der Waals surface area contributed by atoms with Crippen LogP contribution in [0.3, 0.4) is 0 Å². The molecule has 0 radical (unpaired) electrons. The summed E-state index contributed by atoms with van der Waals surface area (Å²) in [5, 5.41) is 0. The standard InChI is InChI=1S/C12H18/c1-4-12-6-5-10(7-12)11(8-12)9(2)3/h5-6,10H,4,7-8H2,1-3H3. The molecule has 2 unspecified atom stereocenters. The van der Waals surface area contributed by atoms with Gasteiger partial charge < -0.3 is 0 Å². The van der Waals surface area contributed by atoms with Crippen LogP contribution in [-0.4, -0.2) is 0 Å². The molecule has 1 saturated carbocycles. The monoisotopic (exact) mass is 162 g/mol. The quantitative estimate of drug-likeness (QED) is 0.516. The molecule has 66 valence electrons. The number of hydrogen-bond acceptors (Lipinski definition) is 0. The molecule has 0 aliphatic heterocycles. The summed E-state index contributed by atoms with van der Waals surface area (Å²) in [7, 11) is 0. The van der Waals surface area contributed by atoms with Crippen molar-refractivity contribution in [2.45, 2.75) is 40.0 Å². The van der Waals surface area contributed by atoms with Gasteiger partial charge in [0.05, 0.1) is 0 Å². The zero-order chi connectivity index (χ0) is 8.77. The van der Waals surface area contributed by atoms with Gasteiger partial charge in [-0.25, -0.2) is 0 Å². The van der Waals surface area contributed by atoms with Gasteiger partial charge in [-0.3, -0.25) is 0 Å². The van der Waals surface area contributed by atoms with Gasteiger partial charge in [0, 0.05) is 0 Å². The van der Waals surface area contributed by atoms with Crippen LogP contribution in [0.5, 0.6) is 0 Å². The fourth-order valence-corrected chi connectivity index (χ4v) is 2.71. The molecule has 0 amide bonds. The molecule has 0 heterocycles. The van der Waals surface area contributed by atoms with Crippen LogP contribution in [0.1, 0.15) is 40.0 Å². The average Bonchev–Trinajstić information content (AvgIpc) is 2.61. The van der Waals surface area contributed by atoms with Crippen molar-refractivity contribution in [3.63, 3.8) is 0 Å². The molecular formula is C12H18. The van der Waals surface area contributed by atoms with Gasteiger partial charge in [-0.05, 0) is 44.4 Å². The SMILES string of the molecule is CCC12C=CC(C1)C(=C(C)C)C2. The predicted molar refractivity (Wildman–Crippen MR) is 53.0 cm³/mol. The van der Waals surface area contributed by atoms with Crippen LogP contribution in [0.2, 0.25) is 0 Å². The van der Waals surface area contributed by atoms with Crippen molar-refractivity contribution in [2.24, 2.45) is 11.3 Å². The van der Waals surface area contributed by atoms with Crippen molar-refractivity contribution in [1.82, 2.24) is 0 Å². The second kappa shape index (κ2) is 2.48. The maximum absolute atomic E-state index is 2.46. The van der Waals surface area contributed by atoms with E-state index in [1.165, 1.54) is 19.3 Å². The summed E-state index contributed by atoms with van der Waals surface area (Å²) in [6, 6.07) is 0. The molecular weight excluding hydrogens is 144 g/mol. The van der Waals surface area contributed by atoms with Crippen LogP contribution in [0.4, 0.5) is 0 Å². The molecule has 0 aromatic rings. The number of allylic oxidation sites excluding steroid dienone is 4. The van der Waals surface area contributed by atoms with E-state index in [1.807, 2.05) is 0 Å². The fourth-order valence-electron chi connectivity index (χ4n) is 2.71. The van der Waals surface area contributed by atoms with Crippen molar-refractivity contribution in [3.8, 4) is 0 Å². The van der Waals surface area contributed by atoms with E-state index < -0.39 is 0 Å². The first-order valence-corrected chi connectivity index (χ1v) is 5.02. The summed E-state index contributed by atoms with van der Waals surface area (Å²) in [6.07, 6.45) is 8.94. The first kappa shape index (κ1) is 8.10. The van der Waals surface area contributed by atoms with Crippen LogP contribution in [0.15, 0.2) is 23.3 Å². The van der Waals surface area contributed by atoms with Crippen LogP contribution in [0, 0.1) is 11.3 Å². The van der Waals surface area contributed by atoms with E-state index in [2.05, 4.69) is 32.9 Å². The van der Waals surface area contributed by atoms with E-state index in [1.54, 1.807) is 11.1 Å². The fraction of sp³-hybridized carbons (Fsp3) is 0.667. The third kappa shape index (κ3) is 0.972. The van der Waals surface area contributed by atoms with Crippen molar-refractivity contribution in [2.75, 3.05) is 0 Å². The number of fused-ring (bicyclic) bond motifs is 2. The Morgan fingerprint density at radius 2 is 2.33 bits per heavy atom. The lowest BCUT2D eigenvalue weighted by molar-refractivity contribution is 0.394. The Labute approximate surface area is 75.4 Å². The Bertz CT molecular complexity index is 253. The Hall–Kier alpha value is -0.520. The maximum Gasteiger partial charge on any atom is -0.00119 e. The van der Waals surface area contributed by atoms with Crippen molar-refractivity contribution in [3.05, 3.63) is 23.3 Å². The first-order chi connectivity index (χ1) is 5.67. The highest BCUT2D eigenvalue weighted by atomic mass is 14.5. The van der Waals surface area contributed by atoms with Crippen LogP contribution >= 0.6 is 0 Å². The van der Waals surface area contributed by atoms with E-state index in [9.17, 15) is 0 Å². The van der Waals surface area contributed by atoms with E-state index >= 15 is 0 Å². The predicted octanol–water partition coefficient (Wildman–Crippen LogP) is 3.70. The Morgan fingerprint density at radius 1 is 1.58 bits per heavy atom. The zero-order valence-corrected chi connectivity index (χ0v) is 8.35. The Morgan fingerprint density at radius 3 is 2.75 bits per heavy atom. The molecule has 0 aromatic heterocycles. The summed E-state index contributed by atoms with van der Waals surface area (Å²) in [5.74, 6) is 0.801. The minimum Gasteiger partial charge on any atom is -0.0814 e. The highest BCUT2D eigenvalue weighted by Crippen LogP contribution is 2.54. The summed E-state index contributed by atoms with van der Waals surface area (Å²) < 4.78 is 0. The first-order valence-electron chi connectivity index (χ1n) is 5.02. The van der Waals surface area contributed by atoms with Crippen molar-refractivity contribution < 1.29 is 0 Å². The molecule has 0 nitrogen and oxygen atoms in total. The largest absolute Gasteiger partial charge is 0.0814 e. The zero-order valence-electron chi connectivity index (χ0n) is 8.35. The summed E-state index contributed by atoms with van der Waals surface area (Å²) in [6.45, 7) is 6.83. The topological polar surface area (TPSA) is 0 Å².